The Bertz CT molecular complexity index is 588. The Morgan fingerprint density at radius 1 is 1.13 bits per heavy atom. The molecule has 6 nitrogen and oxygen atoms in total. The third-order valence-corrected chi connectivity index (χ3v) is 3.95. The Balaban J connectivity index is 1.78. The Morgan fingerprint density at radius 3 is 2.43 bits per heavy atom. The number of carbonyl (C=O) groups is 3. The molecule has 0 heterocycles. The van der Waals surface area contributed by atoms with Gasteiger partial charge in [0.25, 0.3) is 0 Å². The Morgan fingerprint density at radius 2 is 1.78 bits per heavy atom. The molecule has 1 fully saturated rings. The molecule has 0 saturated heterocycles. The third kappa shape index (κ3) is 5.05. The van der Waals surface area contributed by atoms with Crippen molar-refractivity contribution >= 4 is 23.5 Å². The summed E-state index contributed by atoms with van der Waals surface area (Å²) in [5, 5.41) is 14.1. The van der Waals surface area contributed by atoms with Crippen LogP contribution >= 0.6 is 0 Å². The van der Waals surface area contributed by atoms with Crippen LogP contribution in [0.25, 0.3) is 0 Å². The summed E-state index contributed by atoms with van der Waals surface area (Å²) >= 11 is 0. The van der Waals surface area contributed by atoms with Crippen molar-refractivity contribution in [2.75, 3.05) is 11.9 Å². The number of anilines is 1. The summed E-state index contributed by atoms with van der Waals surface area (Å²) in [4.78, 5) is 34.8. The smallest absolute Gasteiger partial charge is 0.306 e. The molecule has 1 aromatic carbocycles. The number of hydrogen-bond donors (Lipinski definition) is 3. The fourth-order valence-electron chi connectivity index (χ4n) is 2.70. The molecular weight excluding hydrogens is 303 g/mol. The quantitative estimate of drug-likeness (QED) is 0.770. The largest absolute Gasteiger partial charge is 0.481 e. The maximum Gasteiger partial charge on any atom is 0.306 e. The number of carbonyl (C=O) groups excluding carboxylic acids is 2. The number of hydrogen-bond acceptors (Lipinski definition) is 3. The molecule has 2 unspecified atom stereocenters. The highest BCUT2D eigenvalue weighted by Gasteiger charge is 2.31. The Kier molecular flexibility index (Phi) is 5.67. The summed E-state index contributed by atoms with van der Waals surface area (Å²) in [6, 6.07) is 5.30. The van der Waals surface area contributed by atoms with E-state index in [2.05, 4.69) is 10.6 Å². The van der Waals surface area contributed by atoms with Crippen LogP contribution in [-0.2, 0) is 14.4 Å². The van der Waals surface area contributed by atoms with Crippen molar-refractivity contribution in [2.45, 2.75) is 25.7 Å². The van der Waals surface area contributed by atoms with E-state index >= 15 is 0 Å². The lowest BCUT2D eigenvalue weighted by atomic mass is 9.81. The monoisotopic (exact) mass is 322 g/mol. The van der Waals surface area contributed by atoms with E-state index in [-0.39, 0.29) is 18.4 Å². The van der Waals surface area contributed by atoms with Crippen molar-refractivity contribution in [1.82, 2.24) is 5.32 Å². The number of aliphatic carboxylic acids is 1. The van der Waals surface area contributed by atoms with E-state index in [4.69, 9.17) is 5.11 Å². The zero-order valence-corrected chi connectivity index (χ0v) is 12.5. The first-order chi connectivity index (χ1) is 11.0. The molecule has 0 spiro atoms. The van der Waals surface area contributed by atoms with Gasteiger partial charge in [0.15, 0.2) is 0 Å². The number of rotatable bonds is 5. The molecule has 2 atom stereocenters. The summed E-state index contributed by atoms with van der Waals surface area (Å²) in [7, 11) is 0. The number of nitrogens with one attached hydrogen (secondary N) is 2. The first-order valence-corrected chi connectivity index (χ1v) is 7.51. The lowest BCUT2D eigenvalue weighted by Crippen LogP contribution is -2.39. The molecule has 2 rings (SSSR count). The van der Waals surface area contributed by atoms with Gasteiger partial charge in [0.05, 0.1) is 12.5 Å². The lowest BCUT2D eigenvalue weighted by Gasteiger charge is -2.25. The maximum atomic E-state index is 12.8. The summed E-state index contributed by atoms with van der Waals surface area (Å²) in [5.74, 6) is -2.87. The number of benzene rings is 1. The SMILES string of the molecule is O=C(CNC(=O)C1CCCC(C(=O)O)C1)Nc1ccc(F)cc1. The molecule has 1 aromatic rings. The van der Waals surface area contributed by atoms with Crippen LogP contribution in [0.5, 0.6) is 0 Å². The van der Waals surface area contributed by atoms with E-state index in [1.165, 1.54) is 24.3 Å². The van der Waals surface area contributed by atoms with Crippen LogP contribution in [0.2, 0.25) is 0 Å². The van der Waals surface area contributed by atoms with Gasteiger partial charge in [-0.2, -0.15) is 0 Å². The van der Waals surface area contributed by atoms with Gasteiger partial charge in [0, 0.05) is 11.6 Å². The van der Waals surface area contributed by atoms with Crippen LogP contribution in [-0.4, -0.2) is 29.4 Å². The van der Waals surface area contributed by atoms with Crippen molar-refractivity contribution in [3.8, 4) is 0 Å². The van der Waals surface area contributed by atoms with Gasteiger partial charge < -0.3 is 15.7 Å². The molecule has 124 valence electrons. The van der Waals surface area contributed by atoms with Crippen LogP contribution in [0.4, 0.5) is 10.1 Å². The van der Waals surface area contributed by atoms with E-state index in [1.807, 2.05) is 0 Å². The predicted octanol–water partition coefficient (Wildman–Crippen LogP) is 1.77. The lowest BCUT2D eigenvalue weighted by molar-refractivity contribution is -0.144. The van der Waals surface area contributed by atoms with Gasteiger partial charge in [-0.1, -0.05) is 6.42 Å². The van der Waals surface area contributed by atoms with E-state index in [0.29, 0.717) is 31.4 Å². The van der Waals surface area contributed by atoms with Crippen LogP contribution in [0, 0.1) is 17.7 Å². The summed E-state index contributed by atoms with van der Waals surface area (Å²) in [6.07, 6.45) is 2.22. The molecule has 1 saturated carbocycles. The van der Waals surface area contributed by atoms with Gasteiger partial charge in [-0.15, -0.1) is 0 Å². The zero-order valence-electron chi connectivity index (χ0n) is 12.5. The van der Waals surface area contributed by atoms with E-state index in [9.17, 15) is 18.8 Å². The average molecular weight is 322 g/mol. The van der Waals surface area contributed by atoms with Gasteiger partial charge in [-0.25, -0.2) is 4.39 Å². The highest BCUT2D eigenvalue weighted by atomic mass is 19.1. The van der Waals surface area contributed by atoms with Gasteiger partial charge >= 0.3 is 5.97 Å². The van der Waals surface area contributed by atoms with Gasteiger partial charge in [0.1, 0.15) is 5.82 Å². The van der Waals surface area contributed by atoms with Gasteiger partial charge in [0.2, 0.25) is 11.8 Å². The first kappa shape index (κ1) is 16.9. The minimum atomic E-state index is -0.878. The zero-order chi connectivity index (χ0) is 16.8. The fourth-order valence-corrected chi connectivity index (χ4v) is 2.70. The Labute approximate surface area is 133 Å². The second-order valence-corrected chi connectivity index (χ2v) is 5.67. The van der Waals surface area contributed by atoms with Crippen LogP contribution in [0.15, 0.2) is 24.3 Å². The fraction of sp³-hybridized carbons (Fsp3) is 0.438. The van der Waals surface area contributed by atoms with Crippen LogP contribution < -0.4 is 10.6 Å². The number of amides is 2. The van der Waals surface area contributed by atoms with Crippen molar-refractivity contribution in [3.05, 3.63) is 30.1 Å². The minimum Gasteiger partial charge on any atom is -0.481 e. The summed E-state index contributed by atoms with van der Waals surface area (Å²) < 4.78 is 12.8. The topological polar surface area (TPSA) is 95.5 Å². The summed E-state index contributed by atoms with van der Waals surface area (Å²) in [6.45, 7) is -0.204. The first-order valence-electron chi connectivity index (χ1n) is 7.51. The van der Waals surface area contributed by atoms with Crippen LogP contribution in [0.1, 0.15) is 25.7 Å². The third-order valence-electron chi connectivity index (χ3n) is 3.95. The second-order valence-electron chi connectivity index (χ2n) is 5.67. The minimum absolute atomic E-state index is 0.204. The van der Waals surface area contributed by atoms with Crippen molar-refractivity contribution in [2.24, 2.45) is 11.8 Å². The normalized spacial score (nSPS) is 20.6. The number of carboxylic acids is 1. The van der Waals surface area contributed by atoms with E-state index < -0.39 is 23.6 Å². The van der Waals surface area contributed by atoms with Gasteiger partial charge in [-0.05, 0) is 43.5 Å². The molecule has 0 aliphatic heterocycles. The number of halogens is 1. The summed E-state index contributed by atoms with van der Waals surface area (Å²) in [5.41, 5.74) is 0.439. The molecule has 2 amide bonds. The number of carboxylic acid groups (broad SMARTS) is 1. The van der Waals surface area contributed by atoms with E-state index in [0.717, 1.165) is 0 Å². The molecule has 3 N–H and O–H groups in total. The second kappa shape index (κ2) is 7.71. The average Bonchev–Trinajstić information content (AvgIpc) is 2.55. The van der Waals surface area contributed by atoms with Gasteiger partial charge in [-0.3, -0.25) is 14.4 Å². The van der Waals surface area contributed by atoms with E-state index in [1.54, 1.807) is 0 Å². The molecule has 0 aromatic heterocycles. The van der Waals surface area contributed by atoms with Crippen molar-refractivity contribution in [1.29, 1.82) is 0 Å². The predicted molar refractivity (Wildman–Crippen MR) is 81.1 cm³/mol. The maximum absolute atomic E-state index is 12.8. The van der Waals surface area contributed by atoms with Crippen LogP contribution in [0.3, 0.4) is 0 Å². The molecular formula is C16H19FN2O4. The molecule has 1 aliphatic carbocycles. The van der Waals surface area contributed by atoms with Crippen molar-refractivity contribution in [3.63, 3.8) is 0 Å². The Hall–Kier alpha value is -2.44. The van der Waals surface area contributed by atoms with Crippen molar-refractivity contribution < 1.29 is 23.9 Å². The highest BCUT2D eigenvalue weighted by molar-refractivity contribution is 5.94. The molecule has 0 bridgehead atoms. The molecule has 0 radical (unpaired) electrons. The molecule has 7 heteroatoms. The molecule has 23 heavy (non-hydrogen) atoms. The standard InChI is InChI=1S/C16H19FN2O4/c17-12-4-6-13(7-5-12)19-14(20)9-18-15(21)10-2-1-3-11(8-10)16(22)23/h4-7,10-11H,1-3,8-9H2,(H,18,21)(H,19,20)(H,22,23). The molecule has 1 aliphatic rings. The highest BCUT2D eigenvalue weighted by Crippen LogP contribution is 2.29.